The third-order valence-corrected chi connectivity index (χ3v) is 15.1. The summed E-state index contributed by atoms with van der Waals surface area (Å²) >= 11 is 0. The lowest BCUT2D eigenvalue weighted by Crippen LogP contribution is -2.15. The molecule has 1 aromatic carbocycles. The maximum Gasteiger partial charge on any atom is 0.338 e. The molecule has 0 amide bonds. The van der Waals surface area contributed by atoms with Crippen molar-refractivity contribution in [2.24, 2.45) is 0 Å². The Kier molecular flexibility index (Phi) is 53.0. The summed E-state index contributed by atoms with van der Waals surface area (Å²) in [4.78, 5) is 36.4. The molecule has 0 saturated carbocycles. The number of unbranched alkanes of at least 4 members (excludes halogenated alkanes) is 45. The quantitative estimate of drug-likeness (QED) is 0.0503. The van der Waals surface area contributed by atoms with Crippen LogP contribution in [0.15, 0.2) is 12.1 Å². The Labute approximate surface area is 469 Å². The van der Waals surface area contributed by atoms with Crippen LogP contribution in [0.2, 0.25) is 0 Å². The zero-order chi connectivity index (χ0) is 54.9. The molecule has 9 heteroatoms. The summed E-state index contributed by atoms with van der Waals surface area (Å²) in [5.41, 5.74) is 0.288. The first-order chi connectivity index (χ1) is 37.4. The van der Waals surface area contributed by atoms with Crippen molar-refractivity contribution in [2.45, 2.75) is 342 Å². The van der Waals surface area contributed by atoms with Gasteiger partial charge in [0.2, 0.25) is 5.75 Å². The molecule has 0 aliphatic rings. The molecule has 1 aromatic rings. The predicted octanol–water partition coefficient (Wildman–Crippen LogP) is 21.2. The van der Waals surface area contributed by atoms with E-state index in [1.165, 1.54) is 270 Å². The van der Waals surface area contributed by atoms with Gasteiger partial charge in [0, 0.05) is 0 Å². The summed E-state index contributed by atoms with van der Waals surface area (Å²) in [5, 5.41) is 8.90. The van der Waals surface area contributed by atoms with Gasteiger partial charge in [-0.15, -0.1) is 0 Å². The van der Waals surface area contributed by atoms with E-state index in [0.717, 1.165) is 38.5 Å². The summed E-state index contributed by atoms with van der Waals surface area (Å²) in [6.07, 6.45) is 62.2. The van der Waals surface area contributed by atoms with Crippen molar-refractivity contribution >= 4 is 17.9 Å². The highest BCUT2D eigenvalue weighted by Crippen LogP contribution is 2.40. The van der Waals surface area contributed by atoms with Crippen molar-refractivity contribution in [1.82, 2.24) is 0 Å². The Morgan fingerprint density at radius 2 is 0.566 bits per heavy atom. The Hall–Kier alpha value is -2.97. The monoisotopic (exact) mass is 1070 g/mol. The first-order valence-corrected chi connectivity index (χ1v) is 33.0. The number of hydrogen-bond acceptors (Lipinski definition) is 8. The van der Waals surface area contributed by atoms with E-state index < -0.39 is 17.9 Å². The van der Waals surface area contributed by atoms with Crippen LogP contribution in [-0.2, 0) is 19.1 Å². The summed E-state index contributed by atoms with van der Waals surface area (Å²) in [7, 11) is 0. The number of carboxylic acids is 1. The number of carbonyl (C=O) groups excluding carboxylic acids is 2. The molecule has 0 atom stereocenters. The Morgan fingerprint density at radius 3 is 0.842 bits per heavy atom. The third-order valence-electron chi connectivity index (χ3n) is 15.1. The molecule has 0 bridgehead atoms. The fourth-order valence-electron chi connectivity index (χ4n) is 10.2. The molecule has 0 aliphatic heterocycles. The predicted molar refractivity (Wildman–Crippen MR) is 320 cm³/mol. The van der Waals surface area contributed by atoms with E-state index in [9.17, 15) is 14.4 Å². The molecular formula is C67H122O9. The van der Waals surface area contributed by atoms with Crippen LogP contribution in [0.5, 0.6) is 17.2 Å². The van der Waals surface area contributed by atoms with E-state index in [-0.39, 0.29) is 31.6 Å². The topological polar surface area (TPSA) is 118 Å². The van der Waals surface area contributed by atoms with Gasteiger partial charge < -0.3 is 28.8 Å². The van der Waals surface area contributed by atoms with Gasteiger partial charge >= 0.3 is 17.9 Å². The molecule has 76 heavy (non-hydrogen) atoms. The molecular weight excluding hydrogens is 949 g/mol. The van der Waals surface area contributed by atoms with Crippen molar-refractivity contribution in [3.8, 4) is 17.2 Å². The fourth-order valence-corrected chi connectivity index (χ4v) is 10.2. The van der Waals surface area contributed by atoms with Gasteiger partial charge in [-0.1, -0.05) is 310 Å². The van der Waals surface area contributed by atoms with Gasteiger partial charge in [-0.25, -0.2) is 4.79 Å². The average Bonchev–Trinajstić information content (AvgIpc) is 3.42. The Bertz CT molecular complexity index is 1370. The van der Waals surface area contributed by atoms with Crippen molar-refractivity contribution in [3.05, 3.63) is 17.7 Å². The van der Waals surface area contributed by atoms with Crippen LogP contribution >= 0.6 is 0 Å². The standard InChI is InChI=1S/C67H122O9/c1-4-7-10-13-16-19-22-25-28-31-34-37-40-43-46-49-54-72-62-59-61(67(71)76-58-57-74-65(70)53-52-64(68)69)60-63(73-55-50-47-44-41-38-35-32-29-26-23-20-17-14-11-8-5-2)66(62)75-56-51-48-45-42-39-36-33-30-27-24-21-18-15-12-9-6-3/h59-60H,4-58H2,1-3H3,(H,68,69). The summed E-state index contributed by atoms with van der Waals surface area (Å²) in [6, 6.07) is 3.41. The molecule has 0 aromatic heterocycles. The lowest BCUT2D eigenvalue weighted by atomic mass is 10.0. The molecule has 0 aliphatic carbocycles. The zero-order valence-corrected chi connectivity index (χ0v) is 50.3. The minimum absolute atomic E-state index is 0.153. The Balaban J connectivity index is 2.79. The van der Waals surface area contributed by atoms with Crippen molar-refractivity contribution in [1.29, 1.82) is 0 Å². The van der Waals surface area contributed by atoms with Gasteiger partial charge in [0.1, 0.15) is 13.2 Å². The van der Waals surface area contributed by atoms with Crippen LogP contribution in [0.25, 0.3) is 0 Å². The minimum atomic E-state index is -1.07. The second-order valence-electron chi connectivity index (χ2n) is 22.5. The van der Waals surface area contributed by atoms with Crippen molar-refractivity contribution < 1.29 is 43.2 Å². The van der Waals surface area contributed by atoms with E-state index >= 15 is 0 Å². The van der Waals surface area contributed by atoms with Crippen LogP contribution < -0.4 is 14.2 Å². The zero-order valence-electron chi connectivity index (χ0n) is 50.3. The third kappa shape index (κ3) is 47.1. The largest absolute Gasteiger partial charge is 0.490 e. The SMILES string of the molecule is CCCCCCCCCCCCCCCCCCOc1cc(C(=O)OCCOC(=O)CCC(=O)O)cc(OCCCCCCCCCCCCCCCCCC)c1OCCCCCCCCCCCCCCCCCC. The van der Waals surface area contributed by atoms with E-state index in [4.69, 9.17) is 28.8 Å². The highest BCUT2D eigenvalue weighted by atomic mass is 16.6. The van der Waals surface area contributed by atoms with Crippen molar-refractivity contribution in [2.75, 3.05) is 33.0 Å². The lowest BCUT2D eigenvalue weighted by Gasteiger charge is -2.19. The van der Waals surface area contributed by atoms with Gasteiger partial charge in [0.15, 0.2) is 11.5 Å². The normalized spacial score (nSPS) is 11.3. The minimum Gasteiger partial charge on any atom is -0.490 e. The summed E-state index contributed by atoms with van der Waals surface area (Å²) in [6.45, 7) is 8.11. The molecule has 0 fully saturated rings. The smallest absolute Gasteiger partial charge is 0.338 e. The van der Waals surface area contributed by atoms with Gasteiger partial charge in [-0.2, -0.15) is 0 Å². The van der Waals surface area contributed by atoms with Gasteiger partial charge in [0.05, 0.1) is 38.2 Å². The second kappa shape index (κ2) is 56.7. The van der Waals surface area contributed by atoms with Crippen molar-refractivity contribution in [3.63, 3.8) is 0 Å². The molecule has 0 spiro atoms. The first kappa shape index (κ1) is 71.0. The number of ether oxygens (including phenoxy) is 5. The van der Waals surface area contributed by atoms with Crippen LogP contribution in [0.3, 0.4) is 0 Å². The fraction of sp³-hybridized carbons (Fsp3) is 0.866. The highest BCUT2D eigenvalue weighted by molar-refractivity contribution is 5.91. The molecule has 1 N–H and O–H groups in total. The van der Waals surface area contributed by atoms with Gasteiger partial charge in [0.25, 0.3) is 0 Å². The average molecular weight is 1070 g/mol. The molecule has 0 unspecified atom stereocenters. The second-order valence-corrected chi connectivity index (χ2v) is 22.5. The maximum absolute atomic E-state index is 13.5. The number of carbonyl (C=O) groups is 3. The highest BCUT2D eigenvalue weighted by Gasteiger charge is 2.20. The maximum atomic E-state index is 13.5. The Morgan fingerprint density at radius 1 is 0.316 bits per heavy atom. The van der Waals surface area contributed by atoms with Gasteiger partial charge in [-0.3, -0.25) is 9.59 Å². The molecule has 9 nitrogen and oxygen atoms in total. The van der Waals surface area contributed by atoms with E-state index in [1.54, 1.807) is 12.1 Å². The number of carboxylic acid groups (broad SMARTS) is 1. The summed E-state index contributed by atoms with van der Waals surface area (Å²) in [5.74, 6) is -0.744. The number of benzene rings is 1. The number of esters is 2. The first-order valence-electron chi connectivity index (χ1n) is 33.0. The van der Waals surface area contributed by atoms with E-state index in [0.29, 0.717) is 37.1 Å². The lowest BCUT2D eigenvalue weighted by molar-refractivity contribution is -0.148. The van der Waals surface area contributed by atoms with Crippen LogP contribution in [0, 0.1) is 0 Å². The molecule has 0 heterocycles. The van der Waals surface area contributed by atoms with E-state index in [2.05, 4.69) is 20.8 Å². The molecule has 0 radical (unpaired) electrons. The number of aliphatic carboxylic acids is 1. The van der Waals surface area contributed by atoms with Crippen LogP contribution in [0.1, 0.15) is 352 Å². The van der Waals surface area contributed by atoms with E-state index in [1.807, 2.05) is 0 Å². The number of rotatable bonds is 61. The summed E-state index contributed by atoms with van der Waals surface area (Å²) < 4.78 is 30.2. The molecule has 444 valence electrons. The van der Waals surface area contributed by atoms with Crippen LogP contribution in [0.4, 0.5) is 0 Å². The molecule has 1 rings (SSSR count). The molecule has 0 saturated heterocycles. The number of hydrogen-bond donors (Lipinski definition) is 1. The van der Waals surface area contributed by atoms with Crippen LogP contribution in [-0.4, -0.2) is 56.0 Å². The van der Waals surface area contributed by atoms with Gasteiger partial charge in [-0.05, 0) is 31.4 Å².